The molecule has 0 radical (unpaired) electrons. The Morgan fingerprint density at radius 1 is 1.59 bits per heavy atom. The molecule has 1 aromatic rings. The van der Waals surface area contributed by atoms with Gasteiger partial charge in [0.15, 0.2) is 8.55 Å². The van der Waals surface area contributed by atoms with Gasteiger partial charge in [-0.1, -0.05) is 11.6 Å². The molecule has 10 heteroatoms. The molecule has 0 unspecified atom stereocenters. The summed E-state index contributed by atoms with van der Waals surface area (Å²) >= 11 is 6.16. The summed E-state index contributed by atoms with van der Waals surface area (Å²) < 4.78 is 26.2. The fourth-order valence-corrected chi connectivity index (χ4v) is 3.37. The number of halogens is 1. The van der Waals surface area contributed by atoms with Crippen LogP contribution in [0.1, 0.15) is 0 Å². The molecule has 0 saturated heterocycles. The van der Waals surface area contributed by atoms with E-state index >= 15 is 0 Å². The second kappa shape index (κ2) is 4.98. The molecule has 0 bridgehead atoms. The number of nitro groups is 1. The van der Waals surface area contributed by atoms with Gasteiger partial charge in [-0.25, -0.2) is 0 Å². The van der Waals surface area contributed by atoms with Crippen molar-refractivity contribution < 1.29 is 13.3 Å². The maximum absolute atomic E-state index is 11.6. The Balaban J connectivity index is 3.17. The standard InChI is InChI=1S/C7H8ClN3O4S2/c1-10(2)4-9-17(14,15)6-3-5(11(12)13)7(8)16-6/h3-4H,1-2H3/b9-4+. The normalized spacial score (nSPS) is 11.9. The van der Waals surface area contributed by atoms with E-state index in [1.807, 2.05) is 0 Å². The SMILES string of the molecule is CN(C)/C=N/S(=O)(=O)c1cc([N+](=O)[O-])c(Cl)s1. The third-order valence-corrected chi connectivity index (χ3v) is 4.53. The highest BCUT2D eigenvalue weighted by Gasteiger charge is 2.24. The van der Waals surface area contributed by atoms with Crippen LogP contribution in [0.15, 0.2) is 14.7 Å². The number of hydrogen-bond acceptors (Lipinski definition) is 5. The van der Waals surface area contributed by atoms with Crippen LogP contribution >= 0.6 is 22.9 Å². The Labute approximate surface area is 107 Å². The van der Waals surface area contributed by atoms with Crippen LogP contribution in [0.2, 0.25) is 4.34 Å². The van der Waals surface area contributed by atoms with Crippen LogP contribution < -0.4 is 0 Å². The highest BCUT2D eigenvalue weighted by atomic mass is 35.5. The van der Waals surface area contributed by atoms with E-state index in [1.165, 1.54) is 4.90 Å². The number of sulfonamides is 1. The van der Waals surface area contributed by atoms with Gasteiger partial charge in [0.2, 0.25) is 0 Å². The summed E-state index contributed by atoms with van der Waals surface area (Å²) in [7, 11) is -0.733. The minimum absolute atomic E-state index is 0.186. The molecule has 0 aromatic carbocycles. The Morgan fingerprint density at radius 3 is 2.59 bits per heavy atom. The van der Waals surface area contributed by atoms with Crippen molar-refractivity contribution in [3.05, 3.63) is 20.5 Å². The summed E-state index contributed by atoms with van der Waals surface area (Å²) in [4.78, 5) is 11.2. The van der Waals surface area contributed by atoms with Crippen molar-refractivity contribution >= 4 is 45.0 Å². The quantitative estimate of drug-likeness (QED) is 0.364. The molecular weight excluding hydrogens is 290 g/mol. The van der Waals surface area contributed by atoms with Crippen LogP contribution in [-0.4, -0.2) is 38.7 Å². The van der Waals surface area contributed by atoms with Crippen LogP contribution in [-0.2, 0) is 10.0 Å². The lowest BCUT2D eigenvalue weighted by Gasteiger charge is -2.01. The molecule has 0 N–H and O–H groups in total. The number of hydrogen-bond donors (Lipinski definition) is 0. The first-order chi connectivity index (χ1) is 7.74. The number of rotatable bonds is 4. The summed E-state index contributed by atoms with van der Waals surface area (Å²) in [6.07, 6.45) is 1.09. The van der Waals surface area contributed by atoms with Crippen LogP contribution in [0.25, 0.3) is 0 Å². The first-order valence-electron chi connectivity index (χ1n) is 4.14. The Bertz CT molecular complexity index is 564. The Hall–Kier alpha value is -1.19. The van der Waals surface area contributed by atoms with Crippen molar-refractivity contribution in [2.24, 2.45) is 4.40 Å². The van der Waals surface area contributed by atoms with E-state index in [2.05, 4.69) is 4.40 Å². The van der Waals surface area contributed by atoms with Crippen molar-refractivity contribution in [3.8, 4) is 0 Å². The second-order valence-corrected chi connectivity index (χ2v) is 6.65. The van der Waals surface area contributed by atoms with Gasteiger partial charge in [0.25, 0.3) is 15.7 Å². The number of thiophene rings is 1. The minimum Gasteiger partial charge on any atom is -0.368 e. The minimum atomic E-state index is -3.93. The largest absolute Gasteiger partial charge is 0.368 e. The molecule has 0 aliphatic carbocycles. The van der Waals surface area contributed by atoms with E-state index in [9.17, 15) is 18.5 Å². The summed E-state index contributed by atoms with van der Waals surface area (Å²) in [5, 5.41) is 10.5. The monoisotopic (exact) mass is 297 g/mol. The predicted molar refractivity (Wildman–Crippen MR) is 65.3 cm³/mol. The zero-order chi connectivity index (χ0) is 13.2. The second-order valence-electron chi connectivity index (χ2n) is 3.14. The average molecular weight is 298 g/mol. The van der Waals surface area contributed by atoms with Gasteiger partial charge in [-0.05, 0) is 0 Å². The molecule has 0 aliphatic rings. The van der Waals surface area contributed by atoms with E-state index in [0.29, 0.717) is 11.3 Å². The van der Waals surface area contributed by atoms with E-state index in [-0.39, 0.29) is 8.55 Å². The lowest BCUT2D eigenvalue weighted by atomic mass is 10.6. The smallest absolute Gasteiger partial charge is 0.300 e. The van der Waals surface area contributed by atoms with E-state index in [4.69, 9.17) is 11.6 Å². The molecule has 0 amide bonds. The van der Waals surface area contributed by atoms with Crippen molar-refractivity contribution in [3.63, 3.8) is 0 Å². The van der Waals surface area contributed by atoms with Crippen molar-refractivity contribution in [2.45, 2.75) is 4.21 Å². The van der Waals surface area contributed by atoms with Gasteiger partial charge in [-0.3, -0.25) is 10.1 Å². The van der Waals surface area contributed by atoms with Gasteiger partial charge in [-0.15, -0.1) is 15.7 Å². The molecule has 0 spiro atoms. The maximum Gasteiger partial charge on any atom is 0.300 e. The lowest BCUT2D eigenvalue weighted by molar-refractivity contribution is -0.384. The van der Waals surface area contributed by atoms with Crippen LogP contribution in [0.3, 0.4) is 0 Å². The molecule has 0 atom stereocenters. The van der Waals surface area contributed by atoms with Crippen molar-refractivity contribution in [1.82, 2.24) is 4.90 Å². The highest BCUT2D eigenvalue weighted by molar-refractivity contribution is 7.92. The van der Waals surface area contributed by atoms with Crippen LogP contribution in [0.4, 0.5) is 5.69 Å². The molecule has 94 valence electrons. The van der Waals surface area contributed by atoms with Gasteiger partial charge in [0.1, 0.15) is 6.34 Å². The van der Waals surface area contributed by atoms with E-state index in [0.717, 1.165) is 12.4 Å². The van der Waals surface area contributed by atoms with Gasteiger partial charge < -0.3 is 4.90 Å². The van der Waals surface area contributed by atoms with Gasteiger partial charge >= 0.3 is 0 Å². The van der Waals surface area contributed by atoms with Crippen molar-refractivity contribution in [2.75, 3.05) is 14.1 Å². The average Bonchev–Trinajstić information content (AvgIpc) is 2.58. The van der Waals surface area contributed by atoms with E-state index in [1.54, 1.807) is 14.1 Å². The Morgan fingerprint density at radius 2 is 2.18 bits per heavy atom. The fourth-order valence-electron chi connectivity index (χ4n) is 0.798. The predicted octanol–water partition coefficient (Wildman–Crippen LogP) is 1.59. The third kappa shape index (κ3) is 3.38. The molecule has 7 nitrogen and oxygen atoms in total. The van der Waals surface area contributed by atoms with Crippen LogP contribution in [0, 0.1) is 10.1 Å². The third-order valence-electron chi connectivity index (χ3n) is 1.51. The van der Waals surface area contributed by atoms with Crippen molar-refractivity contribution in [1.29, 1.82) is 0 Å². The van der Waals surface area contributed by atoms with Crippen LogP contribution in [0.5, 0.6) is 0 Å². The highest BCUT2D eigenvalue weighted by Crippen LogP contribution is 2.36. The summed E-state index contributed by atoms with van der Waals surface area (Å²) in [5.41, 5.74) is -0.435. The molecule has 0 saturated carbocycles. The molecule has 1 heterocycles. The molecule has 0 fully saturated rings. The zero-order valence-corrected chi connectivity index (χ0v) is 11.2. The molecule has 17 heavy (non-hydrogen) atoms. The zero-order valence-electron chi connectivity index (χ0n) is 8.82. The first-order valence-corrected chi connectivity index (χ1v) is 6.78. The fraction of sp³-hybridized carbons (Fsp3) is 0.286. The van der Waals surface area contributed by atoms with Gasteiger partial charge in [0.05, 0.1) is 4.92 Å². The summed E-state index contributed by atoms with van der Waals surface area (Å²) in [6, 6.07) is 0.898. The lowest BCUT2D eigenvalue weighted by Crippen LogP contribution is -2.09. The van der Waals surface area contributed by atoms with E-state index < -0.39 is 20.6 Å². The molecule has 1 aromatic heterocycles. The maximum atomic E-state index is 11.6. The van der Waals surface area contributed by atoms with Gasteiger partial charge in [0, 0.05) is 20.2 Å². The van der Waals surface area contributed by atoms with Gasteiger partial charge in [-0.2, -0.15) is 8.42 Å². The topological polar surface area (TPSA) is 92.9 Å². The Kier molecular flexibility index (Phi) is 4.07. The molecule has 1 rings (SSSR count). The molecular formula is C7H8ClN3O4S2. The molecule has 0 aliphatic heterocycles. The summed E-state index contributed by atoms with van der Waals surface area (Å²) in [6.45, 7) is 0. The first kappa shape index (κ1) is 13.9. The summed E-state index contributed by atoms with van der Waals surface area (Å²) in [5.74, 6) is 0. The number of nitrogens with zero attached hydrogens (tertiary/aromatic N) is 3.